The summed E-state index contributed by atoms with van der Waals surface area (Å²) in [7, 11) is 0. The predicted octanol–water partition coefficient (Wildman–Crippen LogP) is 3.81. The van der Waals surface area contributed by atoms with E-state index in [4.69, 9.17) is 4.74 Å². The standard InChI is InChI=1S/C17H23N3O2/c1-11(2)20-13(5)10-15(19-20)17(21)18-14-8-6-7-9-16(14)22-12(3)4/h6-12H,1-5H3,(H,18,21). The van der Waals surface area contributed by atoms with Gasteiger partial charge < -0.3 is 10.1 Å². The van der Waals surface area contributed by atoms with Crippen LogP contribution in [0.3, 0.4) is 0 Å². The molecule has 118 valence electrons. The number of carbonyl (C=O) groups excluding carboxylic acids is 1. The minimum absolute atomic E-state index is 0.0421. The molecule has 1 amide bonds. The Bertz CT molecular complexity index is 660. The first kappa shape index (κ1) is 16.1. The van der Waals surface area contributed by atoms with E-state index in [0.29, 0.717) is 17.1 Å². The molecule has 1 N–H and O–H groups in total. The SMILES string of the molecule is Cc1cc(C(=O)Nc2ccccc2OC(C)C)nn1C(C)C. The lowest BCUT2D eigenvalue weighted by molar-refractivity contribution is 0.102. The van der Waals surface area contributed by atoms with Crippen molar-refractivity contribution >= 4 is 11.6 Å². The third kappa shape index (κ3) is 3.67. The highest BCUT2D eigenvalue weighted by atomic mass is 16.5. The summed E-state index contributed by atoms with van der Waals surface area (Å²) in [5.41, 5.74) is 2.02. The van der Waals surface area contributed by atoms with Crippen LogP contribution < -0.4 is 10.1 Å². The Kier molecular flexibility index (Phi) is 4.85. The summed E-state index contributed by atoms with van der Waals surface area (Å²) in [6, 6.07) is 9.42. The Morgan fingerprint density at radius 2 is 1.91 bits per heavy atom. The lowest BCUT2D eigenvalue weighted by Gasteiger charge is -2.14. The normalized spacial score (nSPS) is 11.0. The molecule has 1 aromatic heterocycles. The topological polar surface area (TPSA) is 56.1 Å². The van der Waals surface area contributed by atoms with Crippen LogP contribution in [0.1, 0.15) is 49.9 Å². The molecule has 1 aromatic carbocycles. The van der Waals surface area contributed by atoms with Gasteiger partial charge >= 0.3 is 0 Å². The molecule has 22 heavy (non-hydrogen) atoms. The Morgan fingerprint density at radius 3 is 2.50 bits per heavy atom. The molecular formula is C17H23N3O2. The quantitative estimate of drug-likeness (QED) is 0.913. The van der Waals surface area contributed by atoms with Gasteiger partial charge in [0.1, 0.15) is 5.75 Å². The van der Waals surface area contributed by atoms with Gasteiger partial charge in [-0.05, 0) is 52.8 Å². The van der Waals surface area contributed by atoms with Crippen LogP contribution in [0.2, 0.25) is 0 Å². The molecule has 0 spiro atoms. The van der Waals surface area contributed by atoms with E-state index in [0.717, 1.165) is 5.69 Å². The number of rotatable bonds is 5. The van der Waals surface area contributed by atoms with Crippen LogP contribution in [-0.4, -0.2) is 21.8 Å². The van der Waals surface area contributed by atoms with Crippen molar-refractivity contribution in [3.63, 3.8) is 0 Å². The third-order valence-electron chi connectivity index (χ3n) is 3.14. The van der Waals surface area contributed by atoms with Crippen LogP contribution >= 0.6 is 0 Å². The number of anilines is 1. The summed E-state index contributed by atoms with van der Waals surface area (Å²) in [5.74, 6) is 0.424. The summed E-state index contributed by atoms with van der Waals surface area (Å²) in [4.78, 5) is 12.4. The van der Waals surface area contributed by atoms with Crippen LogP contribution in [0, 0.1) is 6.92 Å². The third-order valence-corrected chi connectivity index (χ3v) is 3.14. The number of amides is 1. The molecule has 0 radical (unpaired) electrons. The van der Waals surface area contributed by atoms with E-state index >= 15 is 0 Å². The number of para-hydroxylation sites is 2. The second-order valence-corrected chi connectivity index (χ2v) is 5.83. The fourth-order valence-corrected chi connectivity index (χ4v) is 2.23. The van der Waals surface area contributed by atoms with Gasteiger partial charge in [0.2, 0.25) is 0 Å². The zero-order valence-corrected chi connectivity index (χ0v) is 13.8. The van der Waals surface area contributed by atoms with Gasteiger partial charge in [-0.2, -0.15) is 5.10 Å². The number of carbonyl (C=O) groups is 1. The number of benzene rings is 1. The largest absolute Gasteiger partial charge is 0.489 e. The van der Waals surface area contributed by atoms with Crippen molar-refractivity contribution in [2.75, 3.05) is 5.32 Å². The van der Waals surface area contributed by atoms with Gasteiger partial charge in [0.25, 0.3) is 5.91 Å². The second-order valence-electron chi connectivity index (χ2n) is 5.83. The monoisotopic (exact) mass is 301 g/mol. The average Bonchev–Trinajstić information content (AvgIpc) is 2.83. The van der Waals surface area contributed by atoms with Crippen LogP contribution in [0.15, 0.2) is 30.3 Å². The van der Waals surface area contributed by atoms with Crippen molar-refractivity contribution in [2.45, 2.75) is 46.8 Å². The minimum atomic E-state index is -0.234. The molecule has 0 aliphatic carbocycles. The number of hydrogen-bond acceptors (Lipinski definition) is 3. The van der Waals surface area contributed by atoms with Crippen molar-refractivity contribution in [3.05, 3.63) is 41.7 Å². The Balaban J connectivity index is 2.20. The number of aryl methyl sites for hydroxylation is 1. The molecule has 0 aliphatic rings. The molecule has 2 rings (SSSR count). The molecule has 0 aliphatic heterocycles. The van der Waals surface area contributed by atoms with E-state index in [9.17, 15) is 4.79 Å². The average molecular weight is 301 g/mol. The smallest absolute Gasteiger partial charge is 0.276 e. The van der Waals surface area contributed by atoms with Crippen molar-refractivity contribution in [1.82, 2.24) is 9.78 Å². The van der Waals surface area contributed by atoms with Crippen LogP contribution in [0.5, 0.6) is 5.75 Å². The summed E-state index contributed by atoms with van der Waals surface area (Å²) < 4.78 is 7.55. The maximum atomic E-state index is 12.4. The van der Waals surface area contributed by atoms with Crippen molar-refractivity contribution < 1.29 is 9.53 Å². The van der Waals surface area contributed by atoms with E-state index in [1.807, 2.05) is 63.6 Å². The highest BCUT2D eigenvalue weighted by Crippen LogP contribution is 2.25. The molecule has 0 saturated carbocycles. The number of hydrogen-bond donors (Lipinski definition) is 1. The molecule has 0 fully saturated rings. The molecule has 5 heteroatoms. The lowest BCUT2D eigenvalue weighted by atomic mass is 10.2. The molecule has 0 bridgehead atoms. The molecule has 2 aromatic rings. The Hall–Kier alpha value is -2.30. The predicted molar refractivity (Wildman–Crippen MR) is 87.5 cm³/mol. The Labute approximate surface area is 131 Å². The van der Waals surface area contributed by atoms with Gasteiger partial charge in [0, 0.05) is 11.7 Å². The molecule has 0 unspecified atom stereocenters. The number of nitrogens with zero attached hydrogens (tertiary/aromatic N) is 2. The van der Waals surface area contributed by atoms with Gasteiger partial charge in [-0.3, -0.25) is 9.48 Å². The van der Waals surface area contributed by atoms with Gasteiger partial charge in [0.05, 0.1) is 11.8 Å². The molecule has 0 saturated heterocycles. The zero-order valence-electron chi connectivity index (χ0n) is 13.8. The molecule has 5 nitrogen and oxygen atoms in total. The highest BCUT2D eigenvalue weighted by molar-refractivity contribution is 6.03. The number of ether oxygens (including phenoxy) is 1. The summed E-state index contributed by atoms with van der Waals surface area (Å²) in [6.45, 7) is 9.92. The minimum Gasteiger partial charge on any atom is -0.489 e. The van der Waals surface area contributed by atoms with Crippen LogP contribution in [0.25, 0.3) is 0 Å². The Morgan fingerprint density at radius 1 is 1.23 bits per heavy atom. The summed E-state index contributed by atoms with van der Waals surface area (Å²) in [5, 5.41) is 7.23. The van der Waals surface area contributed by atoms with Crippen LogP contribution in [0.4, 0.5) is 5.69 Å². The van der Waals surface area contributed by atoms with Gasteiger partial charge in [-0.1, -0.05) is 12.1 Å². The van der Waals surface area contributed by atoms with E-state index in [1.165, 1.54) is 0 Å². The maximum Gasteiger partial charge on any atom is 0.276 e. The van der Waals surface area contributed by atoms with Gasteiger partial charge in [-0.25, -0.2) is 0 Å². The van der Waals surface area contributed by atoms with Crippen molar-refractivity contribution in [1.29, 1.82) is 0 Å². The molecular weight excluding hydrogens is 278 g/mol. The number of aromatic nitrogens is 2. The lowest BCUT2D eigenvalue weighted by Crippen LogP contribution is -2.15. The van der Waals surface area contributed by atoms with Crippen molar-refractivity contribution in [3.8, 4) is 5.75 Å². The van der Waals surface area contributed by atoms with E-state index in [1.54, 1.807) is 6.07 Å². The first-order valence-electron chi connectivity index (χ1n) is 7.51. The van der Waals surface area contributed by atoms with E-state index in [-0.39, 0.29) is 18.1 Å². The van der Waals surface area contributed by atoms with E-state index in [2.05, 4.69) is 10.4 Å². The summed E-state index contributed by atoms with van der Waals surface area (Å²) >= 11 is 0. The summed E-state index contributed by atoms with van der Waals surface area (Å²) in [6.07, 6.45) is 0.0421. The van der Waals surface area contributed by atoms with E-state index < -0.39 is 0 Å². The van der Waals surface area contributed by atoms with Crippen LogP contribution in [-0.2, 0) is 0 Å². The van der Waals surface area contributed by atoms with Gasteiger partial charge in [0.15, 0.2) is 5.69 Å². The fraction of sp³-hybridized carbons (Fsp3) is 0.412. The highest BCUT2D eigenvalue weighted by Gasteiger charge is 2.15. The molecule has 0 atom stereocenters. The molecule has 1 heterocycles. The second kappa shape index (κ2) is 6.64. The fourth-order valence-electron chi connectivity index (χ4n) is 2.23. The van der Waals surface area contributed by atoms with Crippen molar-refractivity contribution in [2.24, 2.45) is 0 Å². The first-order valence-corrected chi connectivity index (χ1v) is 7.51. The zero-order chi connectivity index (χ0) is 16.3. The number of nitrogens with one attached hydrogen (secondary N) is 1. The maximum absolute atomic E-state index is 12.4. The van der Waals surface area contributed by atoms with Gasteiger partial charge in [-0.15, -0.1) is 0 Å². The first-order chi connectivity index (χ1) is 10.4.